The first kappa shape index (κ1) is 17.5. The fraction of sp³-hybridized carbons (Fsp3) is 0.667. The van der Waals surface area contributed by atoms with Gasteiger partial charge in [0.15, 0.2) is 0 Å². The van der Waals surface area contributed by atoms with Gasteiger partial charge >= 0.3 is 0 Å². The average molecular weight is 329 g/mol. The molecule has 132 valence electrons. The number of benzene rings is 1. The molecule has 0 aliphatic carbocycles. The molecular weight excluding hydrogens is 298 g/mol. The van der Waals surface area contributed by atoms with Gasteiger partial charge in [-0.25, -0.2) is 0 Å². The summed E-state index contributed by atoms with van der Waals surface area (Å²) in [5, 5.41) is 0. The van der Waals surface area contributed by atoms with E-state index in [9.17, 15) is 4.79 Å². The van der Waals surface area contributed by atoms with Crippen molar-refractivity contribution in [1.29, 1.82) is 0 Å². The van der Waals surface area contributed by atoms with E-state index in [1.807, 2.05) is 0 Å². The van der Waals surface area contributed by atoms with E-state index in [1.165, 1.54) is 12.0 Å². The molecule has 0 saturated carbocycles. The number of amides is 1. The standard InChI is InChI=1S/C21H31NO2/c1-21(2)16-18(11-14-24-21)19(17-9-5-3-6-10-17)15-20(23)22-12-7-4-8-13-22/h3,5-6,9-10,18-19H,4,7-8,11-16H2,1-2H3/t18-,19+/m1/s1. The van der Waals surface area contributed by atoms with E-state index < -0.39 is 0 Å². The second-order valence-corrected chi connectivity index (χ2v) is 8.02. The van der Waals surface area contributed by atoms with Crippen LogP contribution in [0, 0.1) is 5.92 Å². The third kappa shape index (κ3) is 4.38. The van der Waals surface area contributed by atoms with Crippen LogP contribution in [0.2, 0.25) is 0 Å². The van der Waals surface area contributed by atoms with Crippen LogP contribution in [0.3, 0.4) is 0 Å². The summed E-state index contributed by atoms with van der Waals surface area (Å²) in [6.07, 6.45) is 6.30. The maximum atomic E-state index is 12.9. The fourth-order valence-corrected chi connectivity index (χ4v) is 4.34. The highest BCUT2D eigenvalue weighted by molar-refractivity contribution is 5.77. The minimum atomic E-state index is -0.0792. The molecule has 0 aromatic heterocycles. The molecule has 2 atom stereocenters. The number of piperidine rings is 1. The van der Waals surface area contributed by atoms with Gasteiger partial charge in [0.2, 0.25) is 5.91 Å². The largest absolute Gasteiger partial charge is 0.376 e. The Labute approximate surface area is 146 Å². The molecule has 1 aromatic carbocycles. The van der Waals surface area contributed by atoms with Crippen molar-refractivity contribution in [3.8, 4) is 0 Å². The van der Waals surface area contributed by atoms with Gasteiger partial charge in [0.25, 0.3) is 0 Å². The van der Waals surface area contributed by atoms with Crippen molar-refractivity contribution in [2.24, 2.45) is 5.92 Å². The second kappa shape index (κ2) is 7.69. The van der Waals surface area contributed by atoms with E-state index in [1.54, 1.807) is 0 Å². The summed E-state index contributed by atoms with van der Waals surface area (Å²) in [5.41, 5.74) is 1.23. The number of carbonyl (C=O) groups is 1. The van der Waals surface area contributed by atoms with Gasteiger partial charge in [-0.05, 0) is 63.4 Å². The Hall–Kier alpha value is -1.35. The lowest BCUT2D eigenvalue weighted by molar-refractivity contribution is -0.133. The molecule has 0 unspecified atom stereocenters. The van der Waals surface area contributed by atoms with Crippen LogP contribution in [0.1, 0.15) is 63.9 Å². The molecule has 3 rings (SSSR count). The fourth-order valence-electron chi connectivity index (χ4n) is 4.34. The molecule has 2 aliphatic rings. The van der Waals surface area contributed by atoms with E-state index in [-0.39, 0.29) is 5.60 Å². The van der Waals surface area contributed by atoms with Gasteiger partial charge in [0.1, 0.15) is 0 Å². The van der Waals surface area contributed by atoms with Gasteiger partial charge in [-0.3, -0.25) is 4.79 Å². The van der Waals surface area contributed by atoms with Gasteiger partial charge in [-0.15, -0.1) is 0 Å². The molecule has 3 heteroatoms. The monoisotopic (exact) mass is 329 g/mol. The number of likely N-dealkylation sites (tertiary alicyclic amines) is 1. The number of nitrogens with zero attached hydrogens (tertiary/aromatic N) is 1. The molecule has 24 heavy (non-hydrogen) atoms. The van der Waals surface area contributed by atoms with Crippen LogP contribution in [0.25, 0.3) is 0 Å². The van der Waals surface area contributed by atoms with E-state index >= 15 is 0 Å². The minimum Gasteiger partial charge on any atom is -0.376 e. The summed E-state index contributed by atoms with van der Waals surface area (Å²) < 4.78 is 5.91. The molecule has 0 spiro atoms. The number of carbonyl (C=O) groups excluding carboxylic acids is 1. The molecule has 2 aliphatic heterocycles. The Morgan fingerprint density at radius 1 is 1.21 bits per heavy atom. The SMILES string of the molecule is CC1(C)C[C@H]([C@@H](CC(=O)N2CCCCC2)c2ccccc2)CCO1. The van der Waals surface area contributed by atoms with Gasteiger partial charge in [-0.2, -0.15) is 0 Å². The maximum Gasteiger partial charge on any atom is 0.223 e. The topological polar surface area (TPSA) is 29.5 Å². The highest BCUT2D eigenvalue weighted by Crippen LogP contribution is 2.40. The zero-order chi connectivity index (χ0) is 17.0. The molecule has 2 fully saturated rings. The zero-order valence-corrected chi connectivity index (χ0v) is 15.2. The third-order valence-electron chi connectivity index (χ3n) is 5.64. The molecule has 0 bridgehead atoms. The summed E-state index contributed by atoms with van der Waals surface area (Å²) in [7, 11) is 0. The quantitative estimate of drug-likeness (QED) is 0.820. The first-order chi connectivity index (χ1) is 11.6. The first-order valence-corrected chi connectivity index (χ1v) is 9.52. The summed E-state index contributed by atoms with van der Waals surface area (Å²) >= 11 is 0. The Bertz CT molecular complexity index is 534. The molecule has 1 amide bonds. The van der Waals surface area contributed by atoms with E-state index in [4.69, 9.17) is 4.74 Å². The number of hydrogen-bond donors (Lipinski definition) is 0. The number of ether oxygens (including phenoxy) is 1. The van der Waals surface area contributed by atoms with Gasteiger partial charge in [0.05, 0.1) is 5.60 Å². The van der Waals surface area contributed by atoms with Crippen molar-refractivity contribution < 1.29 is 9.53 Å². The summed E-state index contributed by atoms with van der Waals surface area (Å²) in [4.78, 5) is 15.0. The first-order valence-electron chi connectivity index (χ1n) is 9.52. The lowest BCUT2D eigenvalue weighted by atomic mass is 9.75. The molecule has 2 heterocycles. The summed E-state index contributed by atoms with van der Waals surface area (Å²) in [6, 6.07) is 10.6. The van der Waals surface area contributed by atoms with Gasteiger partial charge in [0, 0.05) is 26.1 Å². The van der Waals surface area contributed by atoms with Crippen molar-refractivity contribution in [3.05, 3.63) is 35.9 Å². The highest BCUT2D eigenvalue weighted by Gasteiger charge is 2.35. The summed E-state index contributed by atoms with van der Waals surface area (Å²) in [5.74, 6) is 1.17. The van der Waals surface area contributed by atoms with Crippen LogP contribution in [-0.2, 0) is 9.53 Å². The number of rotatable bonds is 4. The lowest BCUT2D eigenvalue weighted by Crippen LogP contribution is -2.39. The van der Waals surface area contributed by atoms with Crippen LogP contribution < -0.4 is 0 Å². The van der Waals surface area contributed by atoms with Crippen LogP contribution in [0.5, 0.6) is 0 Å². The average Bonchev–Trinajstić information content (AvgIpc) is 2.60. The lowest BCUT2D eigenvalue weighted by Gasteiger charge is -2.40. The van der Waals surface area contributed by atoms with Crippen molar-refractivity contribution in [3.63, 3.8) is 0 Å². The van der Waals surface area contributed by atoms with Crippen molar-refractivity contribution in [1.82, 2.24) is 4.90 Å². The Morgan fingerprint density at radius 3 is 2.58 bits per heavy atom. The van der Waals surface area contributed by atoms with E-state index in [0.29, 0.717) is 24.2 Å². The molecular formula is C21H31NO2. The van der Waals surface area contributed by atoms with Crippen LogP contribution in [0.15, 0.2) is 30.3 Å². The van der Waals surface area contributed by atoms with E-state index in [2.05, 4.69) is 49.1 Å². The molecule has 0 radical (unpaired) electrons. The van der Waals surface area contributed by atoms with Crippen molar-refractivity contribution in [2.75, 3.05) is 19.7 Å². The molecule has 0 N–H and O–H groups in total. The van der Waals surface area contributed by atoms with Crippen LogP contribution in [-0.4, -0.2) is 36.1 Å². The maximum absolute atomic E-state index is 12.9. The Morgan fingerprint density at radius 2 is 1.92 bits per heavy atom. The van der Waals surface area contributed by atoms with Crippen molar-refractivity contribution in [2.45, 2.75) is 63.9 Å². The van der Waals surface area contributed by atoms with Gasteiger partial charge in [-0.1, -0.05) is 30.3 Å². The normalized spacial score (nSPS) is 25.2. The molecule has 1 aromatic rings. The predicted molar refractivity (Wildman–Crippen MR) is 97.0 cm³/mol. The zero-order valence-electron chi connectivity index (χ0n) is 15.2. The number of hydrogen-bond acceptors (Lipinski definition) is 2. The van der Waals surface area contributed by atoms with Crippen LogP contribution >= 0.6 is 0 Å². The van der Waals surface area contributed by atoms with E-state index in [0.717, 1.165) is 45.4 Å². The van der Waals surface area contributed by atoms with Gasteiger partial charge < -0.3 is 9.64 Å². The summed E-state index contributed by atoms with van der Waals surface area (Å²) in [6.45, 7) is 7.04. The molecule has 3 nitrogen and oxygen atoms in total. The Kier molecular flexibility index (Phi) is 5.60. The second-order valence-electron chi connectivity index (χ2n) is 8.02. The highest BCUT2D eigenvalue weighted by atomic mass is 16.5. The van der Waals surface area contributed by atoms with Crippen molar-refractivity contribution >= 4 is 5.91 Å². The minimum absolute atomic E-state index is 0.0792. The third-order valence-corrected chi connectivity index (χ3v) is 5.64. The Balaban J connectivity index is 1.76. The van der Waals surface area contributed by atoms with Crippen LogP contribution in [0.4, 0.5) is 0 Å². The molecule has 2 saturated heterocycles. The smallest absolute Gasteiger partial charge is 0.223 e. The predicted octanol–water partition coefficient (Wildman–Crippen LogP) is 4.38.